The summed E-state index contributed by atoms with van der Waals surface area (Å²) in [7, 11) is 2.21. The van der Waals surface area contributed by atoms with Crippen LogP contribution in [-0.4, -0.2) is 41.0 Å². The monoisotopic (exact) mass is 246 g/mol. The normalized spacial score (nSPS) is 28.8. The second kappa shape index (κ2) is 4.94. The topological polar surface area (TPSA) is 41.1 Å². The van der Waals surface area contributed by atoms with Crippen LogP contribution in [-0.2, 0) is 0 Å². The first-order valence-corrected chi connectivity index (χ1v) is 6.97. The van der Waals surface area contributed by atoms with Crippen LogP contribution in [0.25, 0.3) is 0 Å². The highest BCUT2D eigenvalue weighted by atomic mass is 15.2. The van der Waals surface area contributed by atoms with E-state index in [0.717, 1.165) is 18.4 Å². The lowest BCUT2D eigenvalue weighted by molar-refractivity contribution is 0.265. The van der Waals surface area contributed by atoms with Gasteiger partial charge in [-0.15, -0.1) is 0 Å². The molecule has 0 bridgehead atoms. The van der Waals surface area contributed by atoms with Gasteiger partial charge in [-0.25, -0.2) is 9.97 Å². The average molecular weight is 246 g/mol. The standard InChI is InChI=1S/C14H22N4/c1-10-15-7-5-13(17-10)14-11(6-8-18(14)2)9-16-12-3-4-12/h5,7,11-12,14,16H,3-4,6,8-9H2,1-2H3. The molecule has 1 saturated carbocycles. The molecule has 0 aromatic carbocycles. The summed E-state index contributed by atoms with van der Waals surface area (Å²) in [5.74, 6) is 1.56. The predicted octanol–water partition coefficient (Wildman–Crippen LogP) is 1.53. The van der Waals surface area contributed by atoms with E-state index in [1.165, 1.54) is 31.5 Å². The molecule has 1 aromatic rings. The van der Waals surface area contributed by atoms with Crippen molar-refractivity contribution in [3.63, 3.8) is 0 Å². The Morgan fingerprint density at radius 1 is 1.39 bits per heavy atom. The highest BCUT2D eigenvalue weighted by Gasteiger charge is 2.35. The molecular formula is C14H22N4. The molecule has 2 fully saturated rings. The maximum Gasteiger partial charge on any atom is 0.125 e. The fraction of sp³-hybridized carbons (Fsp3) is 0.714. The van der Waals surface area contributed by atoms with Gasteiger partial charge in [0.2, 0.25) is 0 Å². The second-order valence-corrected chi connectivity index (χ2v) is 5.69. The number of rotatable bonds is 4. The second-order valence-electron chi connectivity index (χ2n) is 5.69. The summed E-state index contributed by atoms with van der Waals surface area (Å²) < 4.78 is 0. The Balaban J connectivity index is 1.73. The maximum absolute atomic E-state index is 4.62. The van der Waals surface area contributed by atoms with E-state index in [1.54, 1.807) is 0 Å². The molecule has 0 spiro atoms. The van der Waals surface area contributed by atoms with Gasteiger partial charge in [0.1, 0.15) is 5.82 Å². The van der Waals surface area contributed by atoms with Gasteiger partial charge < -0.3 is 5.32 Å². The summed E-state index contributed by atoms with van der Waals surface area (Å²) >= 11 is 0. The number of nitrogens with one attached hydrogen (secondary N) is 1. The van der Waals surface area contributed by atoms with Gasteiger partial charge in [0.15, 0.2) is 0 Å². The minimum absolute atomic E-state index is 0.456. The van der Waals surface area contributed by atoms with Crippen LogP contribution in [0, 0.1) is 12.8 Å². The summed E-state index contributed by atoms with van der Waals surface area (Å²) in [6.07, 6.45) is 5.87. The molecule has 4 heteroatoms. The Hall–Kier alpha value is -1.00. The van der Waals surface area contributed by atoms with Crippen molar-refractivity contribution in [1.82, 2.24) is 20.2 Å². The van der Waals surface area contributed by atoms with Crippen LogP contribution in [0.3, 0.4) is 0 Å². The fourth-order valence-corrected chi connectivity index (χ4v) is 2.95. The zero-order chi connectivity index (χ0) is 12.5. The lowest BCUT2D eigenvalue weighted by Gasteiger charge is -2.25. The Kier molecular flexibility index (Phi) is 3.31. The van der Waals surface area contributed by atoms with Gasteiger partial charge in [0.05, 0.1) is 11.7 Å². The minimum atomic E-state index is 0.456. The molecule has 0 radical (unpaired) electrons. The van der Waals surface area contributed by atoms with Crippen LogP contribution in [0.1, 0.15) is 36.8 Å². The molecule has 98 valence electrons. The predicted molar refractivity (Wildman–Crippen MR) is 71.3 cm³/mol. The number of likely N-dealkylation sites (tertiary alicyclic amines) is 1. The molecular weight excluding hydrogens is 224 g/mol. The first-order chi connectivity index (χ1) is 8.74. The van der Waals surface area contributed by atoms with E-state index in [9.17, 15) is 0 Å². The van der Waals surface area contributed by atoms with Crippen LogP contribution in [0.2, 0.25) is 0 Å². The van der Waals surface area contributed by atoms with Gasteiger partial charge in [-0.3, -0.25) is 4.90 Å². The first kappa shape index (κ1) is 12.1. The maximum atomic E-state index is 4.62. The zero-order valence-electron chi connectivity index (χ0n) is 11.3. The SMILES string of the molecule is Cc1nccc(C2C(CNC3CC3)CCN2C)n1. The van der Waals surface area contributed by atoms with Crippen LogP contribution < -0.4 is 5.32 Å². The van der Waals surface area contributed by atoms with E-state index in [1.807, 2.05) is 13.1 Å². The zero-order valence-corrected chi connectivity index (χ0v) is 11.3. The third-order valence-corrected chi connectivity index (χ3v) is 4.12. The largest absolute Gasteiger partial charge is 0.314 e. The van der Waals surface area contributed by atoms with E-state index in [4.69, 9.17) is 0 Å². The highest BCUT2D eigenvalue weighted by Crippen LogP contribution is 2.35. The summed E-state index contributed by atoms with van der Waals surface area (Å²) in [6.45, 7) is 4.27. The van der Waals surface area contributed by atoms with E-state index in [-0.39, 0.29) is 0 Å². The molecule has 1 aliphatic heterocycles. The molecule has 1 aliphatic carbocycles. The van der Waals surface area contributed by atoms with E-state index < -0.39 is 0 Å². The van der Waals surface area contributed by atoms with Gasteiger partial charge >= 0.3 is 0 Å². The summed E-state index contributed by atoms with van der Waals surface area (Å²) in [6, 6.07) is 3.32. The third-order valence-electron chi connectivity index (χ3n) is 4.12. The van der Waals surface area contributed by atoms with Crippen molar-refractivity contribution in [2.75, 3.05) is 20.1 Å². The molecule has 1 N–H and O–H groups in total. The summed E-state index contributed by atoms with van der Waals surface area (Å²) in [5.41, 5.74) is 1.19. The van der Waals surface area contributed by atoms with Crippen molar-refractivity contribution in [3.05, 3.63) is 23.8 Å². The van der Waals surface area contributed by atoms with Gasteiger partial charge in [0, 0.05) is 18.8 Å². The molecule has 3 rings (SSSR count). The van der Waals surface area contributed by atoms with Crippen molar-refractivity contribution in [1.29, 1.82) is 0 Å². The molecule has 2 heterocycles. The number of aryl methyl sites for hydroxylation is 1. The van der Waals surface area contributed by atoms with Gasteiger partial charge in [-0.1, -0.05) is 0 Å². The lowest BCUT2D eigenvalue weighted by atomic mass is 9.97. The van der Waals surface area contributed by atoms with E-state index >= 15 is 0 Å². The van der Waals surface area contributed by atoms with Crippen molar-refractivity contribution in [2.45, 2.75) is 38.3 Å². The molecule has 1 saturated heterocycles. The molecule has 2 aliphatic rings. The van der Waals surface area contributed by atoms with Crippen LogP contribution in [0.4, 0.5) is 0 Å². The van der Waals surface area contributed by atoms with Crippen LogP contribution in [0.5, 0.6) is 0 Å². The quantitative estimate of drug-likeness (QED) is 0.875. The van der Waals surface area contributed by atoms with Gasteiger partial charge in [-0.05, 0) is 51.8 Å². The summed E-state index contributed by atoms with van der Waals surface area (Å²) in [4.78, 5) is 11.2. The van der Waals surface area contributed by atoms with Crippen molar-refractivity contribution < 1.29 is 0 Å². The molecule has 2 atom stereocenters. The van der Waals surface area contributed by atoms with Crippen molar-refractivity contribution >= 4 is 0 Å². The van der Waals surface area contributed by atoms with Crippen molar-refractivity contribution in [2.24, 2.45) is 5.92 Å². The molecule has 4 nitrogen and oxygen atoms in total. The average Bonchev–Trinajstić information content (AvgIpc) is 3.10. The van der Waals surface area contributed by atoms with E-state index in [0.29, 0.717) is 12.0 Å². The van der Waals surface area contributed by atoms with Gasteiger partial charge in [-0.2, -0.15) is 0 Å². The Bertz CT molecular complexity index is 416. The molecule has 0 amide bonds. The molecule has 1 aromatic heterocycles. The number of hydrogen-bond donors (Lipinski definition) is 1. The third kappa shape index (κ3) is 2.54. The van der Waals surface area contributed by atoms with Gasteiger partial charge in [0.25, 0.3) is 0 Å². The number of hydrogen-bond acceptors (Lipinski definition) is 4. The smallest absolute Gasteiger partial charge is 0.125 e. The Morgan fingerprint density at radius 3 is 2.94 bits per heavy atom. The highest BCUT2D eigenvalue weighted by molar-refractivity contribution is 5.11. The first-order valence-electron chi connectivity index (χ1n) is 6.97. The molecule has 18 heavy (non-hydrogen) atoms. The molecule has 2 unspecified atom stereocenters. The van der Waals surface area contributed by atoms with Crippen LogP contribution >= 0.6 is 0 Å². The number of nitrogens with zero attached hydrogens (tertiary/aromatic N) is 3. The lowest BCUT2D eigenvalue weighted by Crippen LogP contribution is -2.30. The fourth-order valence-electron chi connectivity index (χ4n) is 2.95. The van der Waals surface area contributed by atoms with E-state index in [2.05, 4.69) is 33.3 Å². The summed E-state index contributed by atoms with van der Waals surface area (Å²) in [5, 5.41) is 3.66. The Labute approximate surface area is 109 Å². The van der Waals surface area contributed by atoms with Crippen molar-refractivity contribution in [3.8, 4) is 0 Å². The Morgan fingerprint density at radius 2 is 2.22 bits per heavy atom. The van der Waals surface area contributed by atoms with Crippen LogP contribution in [0.15, 0.2) is 12.3 Å². The minimum Gasteiger partial charge on any atom is -0.314 e. The number of aromatic nitrogens is 2.